The first-order chi connectivity index (χ1) is 7.38. The number of methoxy groups -OCH3 is 1. The summed E-state index contributed by atoms with van der Waals surface area (Å²) in [6.45, 7) is 2.67. The summed E-state index contributed by atoms with van der Waals surface area (Å²) in [5, 5.41) is 0. The van der Waals surface area contributed by atoms with Gasteiger partial charge < -0.3 is 9.53 Å². The Morgan fingerprint density at radius 3 is 1.94 bits per heavy atom. The molecule has 16 heavy (non-hydrogen) atoms. The lowest BCUT2D eigenvalue weighted by Crippen LogP contribution is -2.27. The number of carbonyl (C=O) groups is 4. The van der Waals surface area contributed by atoms with Gasteiger partial charge >= 0.3 is 5.97 Å². The zero-order valence-electron chi connectivity index (χ0n) is 9.74. The average molecular weight is 228 g/mol. The van der Waals surface area contributed by atoms with Crippen LogP contribution in [0.5, 0.6) is 0 Å². The number of ether oxygens (including phenoxy) is 1. The van der Waals surface area contributed by atoms with E-state index in [0.717, 1.165) is 7.11 Å². The van der Waals surface area contributed by atoms with Crippen molar-refractivity contribution < 1.29 is 23.9 Å². The number of esters is 1. The van der Waals surface area contributed by atoms with E-state index in [-0.39, 0.29) is 30.8 Å². The normalized spacial score (nSPS) is 11.7. The van der Waals surface area contributed by atoms with Crippen LogP contribution in [0.15, 0.2) is 0 Å². The first kappa shape index (κ1) is 14.5. The predicted octanol–water partition coefficient (Wildman–Crippen LogP) is 0.693. The Bertz CT molecular complexity index is 305. The van der Waals surface area contributed by atoms with Crippen molar-refractivity contribution in [3.05, 3.63) is 0 Å². The van der Waals surface area contributed by atoms with Crippen molar-refractivity contribution in [1.29, 1.82) is 0 Å². The number of carbonyl (C=O) groups excluding carboxylic acids is 4. The minimum Gasteiger partial charge on any atom is -0.468 e. The fourth-order valence-corrected chi connectivity index (χ4v) is 1.23. The monoisotopic (exact) mass is 228 g/mol. The van der Waals surface area contributed by atoms with Gasteiger partial charge in [-0.25, -0.2) is 0 Å². The van der Waals surface area contributed by atoms with Crippen LogP contribution in [0.2, 0.25) is 0 Å². The molecule has 0 aliphatic heterocycles. The topological polar surface area (TPSA) is 77.5 Å². The Labute approximate surface area is 94.1 Å². The van der Waals surface area contributed by atoms with Gasteiger partial charge in [-0.3, -0.25) is 14.4 Å². The summed E-state index contributed by atoms with van der Waals surface area (Å²) in [4.78, 5) is 44.4. The molecular weight excluding hydrogens is 212 g/mol. The third-order valence-corrected chi connectivity index (χ3v) is 2.09. The smallest absolute Gasteiger partial charge is 0.316 e. The Kier molecular flexibility index (Phi) is 6.22. The molecule has 0 aromatic rings. The van der Waals surface area contributed by atoms with Gasteiger partial charge in [-0.2, -0.15) is 0 Å². The molecule has 0 aromatic carbocycles. The van der Waals surface area contributed by atoms with Crippen molar-refractivity contribution in [2.24, 2.45) is 5.92 Å². The van der Waals surface area contributed by atoms with Crippen LogP contribution in [0.25, 0.3) is 0 Å². The van der Waals surface area contributed by atoms with Crippen LogP contribution >= 0.6 is 0 Å². The third kappa shape index (κ3) is 5.38. The fourth-order valence-electron chi connectivity index (χ4n) is 1.23. The molecular formula is C11H16O5. The average Bonchev–Trinajstić information content (AvgIpc) is 2.21. The second-order valence-corrected chi connectivity index (χ2v) is 3.65. The molecule has 0 aromatic heterocycles. The summed E-state index contributed by atoms with van der Waals surface area (Å²) < 4.78 is 4.44. The van der Waals surface area contributed by atoms with Crippen molar-refractivity contribution in [3.8, 4) is 0 Å². The Morgan fingerprint density at radius 2 is 1.56 bits per heavy atom. The van der Waals surface area contributed by atoms with Gasteiger partial charge in [-0.1, -0.05) is 0 Å². The molecule has 0 saturated carbocycles. The van der Waals surface area contributed by atoms with E-state index in [2.05, 4.69) is 4.74 Å². The van der Waals surface area contributed by atoms with Crippen molar-refractivity contribution in [2.75, 3.05) is 7.11 Å². The van der Waals surface area contributed by atoms with Crippen LogP contribution in [0.4, 0.5) is 0 Å². The highest BCUT2D eigenvalue weighted by molar-refractivity contribution is 6.03. The largest absolute Gasteiger partial charge is 0.468 e. The van der Waals surface area contributed by atoms with E-state index in [1.807, 2.05) is 0 Å². The Morgan fingerprint density at radius 1 is 1.00 bits per heavy atom. The summed E-state index contributed by atoms with van der Waals surface area (Å²) in [7, 11) is 1.16. The van der Waals surface area contributed by atoms with Crippen LogP contribution in [-0.2, 0) is 23.9 Å². The maximum absolute atomic E-state index is 11.6. The van der Waals surface area contributed by atoms with Gasteiger partial charge in [-0.05, 0) is 13.8 Å². The van der Waals surface area contributed by atoms with Crippen LogP contribution in [0.3, 0.4) is 0 Å². The summed E-state index contributed by atoms with van der Waals surface area (Å²) in [5.41, 5.74) is 0. The lowest BCUT2D eigenvalue weighted by Gasteiger charge is -2.11. The van der Waals surface area contributed by atoms with Gasteiger partial charge in [0.15, 0.2) is 0 Å². The van der Waals surface area contributed by atoms with Gasteiger partial charge in [0, 0.05) is 19.3 Å². The molecule has 0 spiro atoms. The molecule has 0 aliphatic rings. The highest BCUT2D eigenvalue weighted by Gasteiger charge is 2.28. The molecule has 0 fully saturated rings. The highest BCUT2D eigenvalue weighted by atomic mass is 16.5. The van der Waals surface area contributed by atoms with Gasteiger partial charge in [0.1, 0.15) is 23.3 Å². The maximum atomic E-state index is 11.6. The van der Waals surface area contributed by atoms with Crippen molar-refractivity contribution >= 4 is 23.3 Å². The molecule has 0 bridgehead atoms. The fraction of sp³-hybridized carbons (Fsp3) is 0.636. The van der Waals surface area contributed by atoms with Crippen LogP contribution in [0.1, 0.15) is 33.1 Å². The van der Waals surface area contributed by atoms with Crippen molar-refractivity contribution in [1.82, 2.24) is 0 Å². The molecule has 90 valence electrons. The number of hydrogen-bond donors (Lipinski definition) is 0. The molecule has 1 unspecified atom stereocenters. The van der Waals surface area contributed by atoms with E-state index in [4.69, 9.17) is 0 Å². The molecule has 5 heteroatoms. The van der Waals surface area contributed by atoms with Gasteiger partial charge in [0.2, 0.25) is 0 Å². The molecule has 0 N–H and O–H groups in total. The number of rotatable bonds is 7. The minimum absolute atomic E-state index is 0.0254. The third-order valence-electron chi connectivity index (χ3n) is 2.09. The van der Waals surface area contributed by atoms with Gasteiger partial charge in [0.25, 0.3) is 0 Å². The number of hydrogen-bond acceptors (Lipinski definition) is 5. The van der Waals surface area contributed by atoms with E-state index in [0.29, 0.717) is 0 Å². The number of ketones is 3. The Hall–Kier alpha value is -1.52. The molecule has 1 atom stereocenters. The van der Waals surface area contributed by atoms with E-state index in [9.17, 15) is 19.2 Å². The molecule has 0 saturated heterocycles. The highest BCUT2D eigenvalue weighted by Crippen LogP contribution is 2.11. The molecule has 0 radical (unpaired) electrons. The van der Waals surface area contributed by atoms with Crippen molar-refractivity contribution in [2.45, 2.75) is 33.1 Å². The Balaban J connectivity index is 4.49. The van der Waals surface area contributed by atoms with Crippen LogP contribution in [-0.4, -0.2) is 30.4 Å². The maximum Gasteiger partial charge on any atom is 0.316 e. The van der Waals surface area contributed by atoms with Gasteiger partial charge in [-0.15, -0.1) is 0 Å². The predicted molar refractivity (Wildman–Crippen MR) is 55.7 cm³/mol. The summed E-state index contributed by atoms with van der Waals surface area (Å²) in [5.74, 6) is -2.59. The SMILES string of the molecule is COC(=O)C(CC(C)=O)C(=O)CCC(C)=O. The lowest BCUT2D eigenvalue weighted by atomic mass is 9.94. The molecule has 0 rings (SSSR count). The zero-order chi connectivity index (χ0) is 12.7. The van der Waals surface area contributed by atoms with Crippen LogP contribution in [0, 0.1) is 5.92 Å². The van der Waals surface area contributed by atoms with E-state index in [1.165, 1.54) is 13.8 Å². The summed E-state index contributed by atoms with van der Waals surface area (Å²) in [6, 6.07) is 0. The van der Waals surface area contributed by atoms with Crippen molar-refractivity contribution in [3.63, 3.8) is 0 Å². The second kappa shape index (κ2) is 6.87. The van der Waals surface area contributed by atoms with Crippen LogP contribution < -0.4 is 0 Å². The summed E-state index contributed by atoms with van der Waals surface area (Å²) >= 11 is 0. The summed E-state index contributed by atoms with van der Waals surface area (Å²) in [6.07, 6.45) is -0.101. The standard InChI is InChI=1S/C11H16O5/c1-7(12)4-5-10(14)9(6-8(2)13)11(15)16-3/h9H,4-6H2,1-3H3. The lowest BCUT2D eigenvalue weighted by molar-refractivity contribution is -0.151. The van der Waals surface area contributed by atoms with E-state index < -0.39 is 17.7 Å². The minimum atomic E-state index is -1.07. The molecule has 0 amide bonds. The quantitative estimate of drug-likeness (QED) is 0.473. The van der Waals surface area contributed by atoms with Gasteiger partial charge in [0.05, 0.1) is 7.11 Å². The molecule has 0 aliphatic carbocycles. The van der Waals surface area contributed by atoms with E-state index in [1.54, 1.807) is 0 Å². The molecule has 5 nitrogen and oxygen atoms in total. The second-order valence-electron chi connectivity index (χ2n) is 3.65. The first-order valence-electron chi connectivity index (χ1n) is 4.98. The number of Topliss-reactive ketones (excluding diaryl/α,β-unsaturated/α-hetero) is 3. The van der Waals surface area contributed by atoms with E-state index >= 15 is 0 Å². The first-order valence-corrected chi connectivity index (χ1v) is 4.98. The zero-order valence-corrected chi connectivity index (χ0v) is 9.74. The molecule has 0 heterocycles.